The highest BCUT2D eigenvalue weighted by molar-refractivity contribution is 9.10. The number of rotatable bonds is 7. The van der Waals surface area contributed by atoms with Gasteiger partial charge in [-0.25, -0.2) is 0 Å². The quantitative estimate of drug-likeness (QED) is 0.775. The van der Waals surface area contributed by atoms with Crippen molar-refractivity contribution in [2.75, 3.05) is 6.61 Å². The van der Waals surface area contributed by atoms with Gasteiger partial charge >= 0.3 is 0 Å². The normalized spacial score (nSPS) is 12.0. The van der Waals surface area contributed by atoms with Crippen LogP contribution >= 0.6 is 27.5 Å². The van der Waals surface area contributed by atoms with Crippen LogP contribution in [0.1, 0.15) is 19.1 Å². The van der Waals surface area contributed by atoms with Crippen molar-refractivity contribution in [3.05, 3.63) is 51.9 Å². The van der Waals surface area contributed by atoms with Crippen molar-refractivity contribution in [3.8, 4) is 5.75 Å². The SMILES string of the molecule is CC(CCc1ccco1)NC(=O)COc1ccc(Cl)cc1Br. The number of carbonyl (C=O) groups is 1. The van der Waals surface area contributed by atoms with Crippen LogP contribution in [0.3, 0.4) is 0 Å². The van der Waals surface area contributed by atoms with Crippen LogP contribution in [0.4, 0.5) is 0 Å². The molecule has 118 valence electrons. The number of nitrogens with one attached hydrogen (secondary N) is 1. The van der Waals surface area contributed by atoms with Crippen LogP contribution in [-0.2, 0) is 11.2 Å². The molecule has 1 atom stereocenters. The molecule has 0 bridgehead atoms. The summed E-state index contributed by atoms with van der Waals surface area (Å²) in [6, 6.07) is 8.99. The number of benzene rings is 1. The second-order valence-corrected chi connectivity index (χ2v) is 6.24. The molecule has 0 fully saturated rings. The number of aryl methyl sites for hydroxylation is 1. The highest BCUT2D eigenvalue weighted by Crippen LogP contribution is 2.27. The van der Waals surface area contributed by atoms with Gasteiger partial charge in [-0.2, -0.15) is 0 Å². The third-order valence-electron chi connectivity index (χ3n) is 3.06. The summed E-state index contributed by atoms with van der Waals surface area (Å²) in [6.45, 7) is 1.92. The van der Waals surface area contributed by atoms with Crippen molar-refractivity contribution in [1.82, 2.24) is 5.32 Å². The Bertz CT molecular complexity index is 616. The predicted octanol–water partition coefficient (Wildman–Crippen LogP) is 4.21. The van der Waals surface area contributed by atoms with E-state index >= 15 is 0 Å². The zero-order chi connectivity index (χ0) is 15.9. The number of halogens is 2. The fraction of sp³-hybridized carbons (Fsp3) is 0.312. The summed E-state index contributed by atoms with van der Waals surface area (Å²) < 4.78 is 11.5. The average Bonchev–Trinajstić information content (AvgIpc) is 2.97. The maximum Gasteiger partial charge on any atom is 0.258 e. The molecule has 1 amide bonds. The van der Waals surface area contributed by atoms with Crippen molar-refractivity contribution in [3.63, 3.8) is 0 Å². The van der Waals surface area contributed by atoms with Crippen LogP contribution in [0.25, 0.3) is 0 Å². The molecule has 4 nitrogen and oxygen atoms in total. The maximum atomic E-state index is 11.9. The van der Waals surface area contributed by atoms with Crippen LogP contribution < -0.4 is 10.1 Å². The summed E-state index contributed by atoms with van der Waals surface area (Å²) in [5.74, 6) is 1.35. The van der Waals surface area contributed by atoms with E-state index in [0.717, 1.165) is 23.1 Å². The molecule has 0 radical (unpaired) electrons. The molecule has 0 saturated carbocycles. The van der Waals surface area contributed by atoms with E-state index in [2.05, 4.69) is 21.2 Å². The molecule has 0 aliphatic carbocycles. The van der Waals surface area contributed by atoms with Crippen LogP contribution in [0.15, 0.2) is 45.5 Å². The Balaban J connectivity index is 1.72. The third-order valence-corrected chi connectivity index (χ3v) is 3.92. The van der Waals surface area contributed by atoms with Crippen molar-refractivity contribution in [1.29, 1.82) is 0 Å². The zero-order valence-electron chi connectivity index (χ0n) is 12.1. The summed E-state index contributed by atoms with van der Waals surface area (Å²) in [7, 11) is 0. The number of furan rings is 1. The Morgan fingerprint density at radius 3 is 2.95 bits per heavy atom. The first-order valence-corrected chi connectivity index (χ1v) is 8.11. The fourth-order valence-electron chi connectivity index (χ4n) is 1.94. The molecule has 0 spiro atoms. The minimum atomic E-state index is -0.159. The van der Waals surface area contributed by atoms with Crippen LogP contribution in [0, 0.1) is 0 Å². The number of carbonyl (C=O) groups excluding carboxylic acids is 1. The van der Waals surface area contributed by atoms with E-state index in [-0.39, 0.29) is 18.6 Å². The van der Waals surface area contributed by atoms with Crippen molar-refractivity contribution in [2.45, 2.75) is 25.8 Å². The monoisotopic (exact) mass is 385 g/mol. The number of amides is 1. The fourth-order valence-corrected chi connectivity index (χ4v) is 2.73. The lowest BCUT2D eigenvalue weighted by Crippen LogP contribution is -2.36. The van der Waals surface area contributed by atoms with Gasteiger partial charge in [-0.15, -0.1) is 0 Å². The van der Waals surface area contributed by atoms with Gasteiger partial charge < -0.3 is 14.5 Å². The van der Waals surface area contributed by atoms with E-state index in [1.165, 1.54) is 0 Å². The van der Waals surface area contributed by atoms with Gasteiger partial charge in [0.25, 0.3) is 5.91 Å². The van der Waals surface area contributed by atoms with Gasteiger partial charge in [0.2, 0.25) is 0 Å². The molecule has 1 N–H and O–H groups in total. The van der Waals surface area contributed by atoms with E-state index in [1.54, 1.807) is 24.5 Å². The maximum absolute atomic E-state index is 11.9. The molecule has 6 heteroatoms. The lowest BCUT2D eigenvalue weighted by atomic mass is 10.1. The minimum Gasteiger partial charge on any atom is -0.483 e. The first-order valence-electron chi connectivity index (χ1n) is 6.94. The van der Waals surface area contributed by atoms with E-state index in [9.17, 15) is 4.79 Å². The first kappa shape index (κ1) is 16.9. The largest absolute Gasteiger partial charge is 0.483 e. The van der Waals surface area contributed by atoms with E-state index in [0.29, 0.717) is 10.8 Å². The molecule has 2 rings (SSSR count). The van der Waals surface area contributed by atoms with Crippen LogP contribution in [0.2, 0.25) is 5.02 Å². The van der Waals surface area contributed by atoms with Crippen LogP contribution in [-0.4, -0.2) is 18.6 Å². The third kappa shape index (κ3) is 5.39. The molecule has 1 aromatic heterocycles. The average molecular weight is 387 g/mol. The van der Waals surface area contributed by atoms with Gasteiger partial charge in [0.05, 0.1) is 10.7 Å². The van der Waals surface area contributed by atoms with Crippen molar-refractivity contribution in [2.24, 2.45) is 0 Å². The summed E-state index contributed by atoms with van der Waals surface area (Å²) in [6.07, 6.45) is 3.25. The molecule has 0 saturated heterocycles. The molecular weight excluding hydrogens is 370 g/mol. The summed E-state index contributed by atoms with van der Waals surface area (Å²) >= 11 is 9.20. The molecule has 2 aromatic rings. The second-order valence-electron chi connectivity index (χ2n) is 4.95. The van der Waals surface area contributed by atoms with Crippen molar-refractivity contribution < 1.29 is 13.9 Å². The second kappa shape index (κ2) is 8.25. The standard InChI is InChI=1S/C16H17BrClNO3/c1-11(4-6-13-3-2-8-21-13)19-16(20)10-22-15-7-5-12(18)9-14(15)17/h2-3,5,7-9,11H,4,6,10H2,1H3,(H,19,20). The van der Waals surface area contributed by atoms with E-state index < -0.39 is 0 Å². The predicted molar refractivity (Wildman–Crippen MR) is 89.3 cm³/mol. The van der Waals surface area contributed by atoms with Crippen molar-refractivity contribution >= 4 is 33.4 Å². The summed E-state index contributed by atoms with van der Waals surface area (Å²) in [5, 5.41) is 3.50. The highest BCUT2D eigenvalue weighted by Gasteiger charge is 2.10. The Morgan fingerprint density at radius 2 is 2.27 bits per heavy atom. The van der Waals surface area contributed by atoms with Gasteiger partial charge in [0.15, 0.2) is 6.61 Å². The highest BCUT2D eigenvalue weighted by atomic mass is 79.9. The van der Waals surface area contributed by atoms with E-state index in [4.69, 9.17) is 20.8 Å². The molecular formula is C16H17BrClNO3. The molecule has 1 aromatic carbocycles. The molecule has 1 unspecified atom stereocenters. The smallest absolute Gasteiger partial charge is 0.258 e. The molecule has 0 aliphatic heterocycles. The zero-order valence-corrected chi connectivity index (χ0v) is 14.5. The number of hydrogen-bond acceptors (Lipinski definition) is 3. The van der Waals surface area contributed by atoms with Gasteiger partial charge in [0.1, 0.15) is 11.5 Å². The van der Waals surface area contributed by atoms with Crippen LogP contribution in [0.5, 0.6) is 5.75 Å². The van der Waals surface area contributed by atoms with Gasteiger partial charge in [-0.1, -0.05) is 11.6 Å². The lowest BCUT2D eigenvalue weighted by Gasteiger charge is -2.14. The summed E-state index contributed by atoms with van der Waals surface area (Å²) in [4.78, 5) is 11.9. The number of hydrogen-bond donors (Lipinski definition) is 1. The molecule has 22 heavy (non-hydrogen) atoms. The van der Waals surface area contributed by atoms with Gasteiger partial charge in [-0.05, 0) is 59.6 Å². The topological polar surface area (TPSA) is 51.5 Å². The Morgan fingerprint density at radius 1 is 1.45 bits per heavy atom. The lowest BCUT2D eigenvalue weighted by molar-refractivity contribution is -0.123. The summed E-state index contributed by atoms with van der Waals surface area (Å²) in [5.41, 5.74) is 0. The minimum absolute atomic E-state index is 0.0364. The Labute approximate surface area is 142 Å². The Kier molecular flexibility index (Phi) is 6.34. The van der Waals surface area contributed by atoms with Gasteiger partial charge in [-0.3, -0.25) is 4.79 Å². The van der Waals surface area contributed by atoms with E-state index in [1.807, 2.05) is 19.1 Å². The number of ether oxygens (including phenoxy) is 1. The van der Waals surface area contributed by atoms with Gasteiger partial charge in [0, 0.05) is 17.5 Å². The molecule has 0 aliphatic rings. The molecule has 1 heterocycles. The Hall–Kier alpha value is -1.46. The first-order chi connectivity index (χ1) is 10.5.